The maximum absolute atomic E-state index is 14.1. The number of carbonyl (C=O) groups is 1. The van der Waals surface area contributed by atoms with Crippen molar-refractivity contribution < 1.29 is 22.5 Å². The van der Waals surface area contributed by atoms with Crippen molar-refractivity contribution in [2.45, 2.75) is 56.8 Å². The Hall–Kier alpha value is -2.91. The third kappa shape index (κ3) is 5.45. The van der Waals surface area contributed by atoms with Crippen LogP contribution in [-0.4, -0.2) is 59.4 Å². The van der Waals surface area contributed by atoms with Gasteiger partial charge < -0.3 is 25.5 Å². The highest BCUT2D eigenvalue weighted by molar-refractivity contribution is 7.70. The topological polar surface area (TPSA) is 112 Å². The molecule has 8 bridgehead atoms. The molecule has 0 radical (unpaired) electrons. The first-order chi connectivity index (χ1) is 18.0. The van der Waals surface area contributed by atoms with Gasteiger partial charge in [0, 0.05) is 47.3 Å². The minimum absolute atomic E-state index is 0.0566. The number of fused-ring (bicyclic) bond motifs is 8. The first-order valence-corrected chi connectivity index (χ1v) is 15.5. The third-order valence-electron chi connectivity index (χ3n) is 7.30. The second-order valence-electron chi connectivity index (χ2n) is 10.5. The van der Waals surface area contributed by atoms with E-state index < -0.39 is 18.9 Å². The van der Waals surface area contributed by atoms with Crippen molar-refractivity contribution in [3.05, 3.63) is 35.7 Å². The summed E-state index contributed by atoms with van der Waals surface area (Å²) < 4.78 is 55.5. The fourth-order valence-electron chi connectivity index (χ4n) is 5.50. The first kappa shape index (κ1) is 26.7. The van der Waals surface area contributed by atoms with Crippen molar-refractivity contribution in [3.8, 4) is 11.3 Å². The molecule has 2 atom stereocenters. The molecule has 3 aliphatic rings. The molecule has 2 aromatic heterocycles. The van der Waals surface area contributed by atoms with Crippen LogP contribution in [0.2, 0.25) is 0 Å². The summed E-state index contributed by atoms with van der Waals surface area (Å²) in [5.41, 5.74) is -0.390. The largest absolute Gasteiger partial charge is 0.419 e. The number of aromatic amines is 1. The van der Waals surface area contributed by atoms with Crippen molar-refractivity contribution in [2.75, 3.05) is 31.7 Å². The Morgan fingerprint density at radius 1 is 1.03 bits per heavy atom. The summed E-state index contributed by atoms with van der Waals surface area (Å²) in [6, 6.07) is 3.52. The van der Waals surface area contributed by atoms with E-state index in [1.807, 2.05) is 0 Å². The van der Waals surface area contributed by atoms with Crippen LogP contribution in [0.3, 0.4) is 0 Å². The molecular formula is C26H32F3N6O2P. The van der Waals surface area contributed by atoms with Crippen LogP contribution in [0.5, 0.6) is 0 Å². The molecule has 1 fully saturated rings. The summed E-state index contributed by atoms with van der Waals surface area (Å²) >= 11 is 0. The summed E-state index contributed by atoms with van der Waals surface area (Å²) in [4.78, 5) is 24.4. The van der Waals surface area contributed by atoms with Crippen LogP contribution in [0, 0.1) is 0 Å². The lowest BCUT2D eigenvalue weighted by atomic mass is 10.0. The number of nitrogens with zero attached hydrogens (tertiary/aromatic N) is 2. The van der Waals surface area contributed by atoms with Gasteiger partial charge in [-0.3, -0.25) is 4.79 Å². The molecule has 3 aromatic rings. The monoisotopic (exact) mass is 548 g/mol. The predicted octanol–water partition coefficient (Wildman–Crippen LogP) is 4.73. The fourth-order valence-corrected chi connectivity index (χ4v) is 6.98. The molecule has 4 heterocycles. The Balaban J connectivity index is 1.66. The predicted molar refractivity (Wildman–Crippen MR) is 143 cm³/mol. The number of amides is 1. The maximum Gasteiger partial charge on any atom is 0.419 e. The molecule has 0 saturated heterocycles. The van der Waals surface area contributed by atoms with Crippen LogP contribution in [0.25, 0.3) is 22.2 Å². The van der Waals surface area contributed by atoms with Crippen molar-refractivity contribution in [2.24, 2.45) is 0 Å². The molecule has 0 spiro atoms. The molecule has 2 aliphatic heterocycles. The highest BCUT2D eigenvalue weighted by Crippen LogP contribution is 2.43. The number of H-pyrrole nitrogens is 1. The van der Waals surface area contributed by atoms with Gasteiger partial charge in [0.15, 0.2) is 0 Å². The Kier molecular flexibility index (Phi) is 7.26. The van der Waals surface area contributed by atoms with E-state index in [9.17, 15) is 22.5 Å². The lowest BCUT2D eigenvalue weighted by Gasteiger charge is -2.18. The van der Waals surface area contributed by atoms with Gasteiger partial charge in [-0.25, -0.2) is 9.97 Å². The molecule has 1 aliphatic carbocycles. The van der Waals surface area contributed by atoms with Gasteiger partial charge in [-0.1, -0.05) is 12.5 Å². The van der Waals surface area contributed by atoms with Crippen LogP contribution >= 0.6 is 7.14 Å². The number of carbonyl (C=O) groups excluding carboxylic acids is 1. The number of rotatable bonds is 1. The molecule has 12 heteroatoms. The number of alkyl halides is 3. The molecule has 8 nitrogen and oxygen atoms in total. The average molecular weight is 549 g/mol. The minimum atomic E-state index is -4.68. The zero-order valence-electron chi connectivity index (χ0n) is 21.4. The van der Waals surface area contributed by atoms with Crippen molar-refractivity contribution >= 4 is 35.2 Å². The lowest BCUT2D eigenvalue weighted by molar-refractivity contribution is -0.137. The molecule has 1 aromatic carbocycles. The van der Waals surface area contributed by atoms with E-state index >= 15 is 0 Å². The van der Waals surface area contributed by atoms with Gasteiger partial charge in [-0.15, -0.1) is 0 Å². The number of hydrogen-bond donors (Lipinski definition) is 4. The molecule has 4 N–H and O–H groups in total. The van der Waals surface area contributed by atoms with Gasteiger partial charge in [0.1, 0.15) is 12.7 Å². The second-order valence-corrected chi connectivity index (χ2v) is 13.7. The quantitative estimate of drug-likeness (QED) is 0.327. The van der Waals surface area contributed by atoms with Gasteiger partial charge in [-0.05, 0) is 58.0 Å². The van der Waals surface area contributed by atoms with Gasteiger partial charge in [0.2, 0.25) is 5.95 Å². The standard InChI is InChI=1S/C26H32F3N6O2P/c1-38(2,37)23-18-9-8-17-19(13-32-22(17)23)21-20(26(27,28)29)14-33-25(35-21)34-16-7-6-15(12-16)30-10-4-3-5-11-31-24(18)36/h8-9,13-16,30,32H,3-7,10-12H2,1-2H3,(H,31,36)(H,33,34,35)/t15-,16-/m0/s1. The smallest absolute Gasteiger partial charge is 0.360 e. The summed E-state index contributed by atoms with van der Waals surface area (Å²) in [7, 11) is -3.02. The Morgan fingerprint density at radius 3 is 2.55 bits per heavy atom. The van der Waals surface area contributed by atoms with Crippen LogP contribution in [0.4, 0.5) is 19.1 Å². The molecule has 204 valence electrons. The molecular weight excluding hydrogens is 516 g/mol. The van der Waals surface area contributed by atoms with Crippen LogP contribution in [0.15, 0.2) is 24.5 Å². The number of hydrogen-bond acceptors (Lipinski definition) is 6. The SMILES string of the molecule is CP(C)(=O)c1c2ccc3c(c[nH]c13)-c1nc(ncc1C(F)(F)F)N[C@H]1CC[C@@H](C1)NCCCCCNC2=O. The normalized spacial score (nSPS) is 21.4. The molecule has 6 rings (SSSR count). The van der Waals surface area contributed by atoms with Crippen LogP contribution in [-0.2, 0) is 10.7 Å². The Bertz CT molecular complexity index is 1400. The van der Waals surface area contributed by atoms with Gasteiger partial charge in [-0.2, -0.15) is 13.2 Å². The average Bonchev–Trinajstić information content (AvgIpc) is 3.47. The maximum atomic E-state index is 14.1. The number of halogens is 3. The van der Waals surface area contributed by atoms with Crippen molar-refractivity contribution in [1.29, 1.82) is 0 Å². The Labute approximate surface area is 219 Å². The molecule has 1 saturated carbocycles. The summed E-state index contributed by atoms with van der Waals surface area (Å²) in [6.45, 7) is 4.44. The van der Waals surface area contributed by atoms with Crippen LogP contribution in [0.1, 0.15) is 54.4 Å². The van der Waals surface area contributed by atoms with Gasteiger partial charge in [0.05, 0.1) is 16.8 Å². The Morgan fingerprint density at radius 2 is 1.79 bits per heavy atom. The van der Waals surface area contributed by atoms with E-state index in [-0.39, 0.29) is 34.7 Å². The summed E-state index contributed by atoms with van der Waals surface area (Å²) in [6.07, 6.45) is 2.96. The van der Waals surface area contributed by atoms with E-state index in [0.717, 1.165) is 51.3 Å². The summed E-state index contributed by atoms with van der Waals surface area (Å²) in [5, 5.41) is 10.4. The van der Waals surface area contributed by atoms with Crippen molar-refractivity contribution in [3.63, 3.8) is 0 Å². The van der Waals surface area contributed by atoms with E-state index in [4.69, 9.17) is 0 Å². The third-order valence-corrected chi connectivity index (χ3v) is 8.84. The minimum Gasteiger partial charge on any atom is -0.360 e. The van der Waals surface area contributed by atoms with E-state index in [1.54, 1.807) is 25.5 Å². The fraction of sp³-hybridized carbons (Fsp3) is 0.500. The second kappa shape index (κ2) is 10.3. The zero-order valence-corrected chi connectivity index (χ0v) is 22.3. The summed E-state index contributed by atoms with van der Waals surface area (Å²) in [5.74, 6) is -0.216. The van der Waals surface area contributed by atoms with Gasteiger partial charge in [0.25, 0.3) is 5.91 Å². The highest BCUT2D eigenvalue weighted by atomic mass is 31.2. The number of aromatic nitrogens is 3. The van der Waals surface area contributed by atoms with E-state index in [0.29, 0.717) is 28.8 Å². The van der Waals surface area contributed by atoms with Gasteiger partial charge >= 0.3 is 6.18 Å². The number of benzene rings is 1. The highest BCUT2D eigenvalue weighted by Gasteiger charge is 2.37. The molecule has 1 amide bonds. The number of anilines is 1. The van der Waals surface area contributed by atoms with E-state index in [2.05, 4.69) is 30.9 Å². The zero-order chi connectivity index (χ0) is 27.1. The molecule has 38 heavy (non-hydrogen) atoms. The first-order valence-electron chi connectivity index (χ1n) is 12.9. The molecule has 0 unspecified atom stereocenters. The van der Waals surface area contributed by atoms with E-state index in [1.165, 1.54) is 6.20 Å². The van der Waals surface area contributed by atoms with Crippen LogP contribution < -0.4 is 21.3 Å². The lowest BCUT2D eigenvalue weighted by Crippen LogP contribution is -2.30. The van der Waals surface area contributed by atoms with Crippen molar-refractivity contribution in [1.82, 2.24) is 25.6 Å². The number of nitrogens with one attached hydrogen (secondary N) is 4.